The van der Waals surface area contributed by atoms with Crippen LogP contribution in [0.25, 0.3) is 5.57 Å². The molecule has 9 heteroatoms. The number of nitrogens with zero attached hydrogens (tertiary/aromatic N) is 4. The number of hydrogen-bond donors (Lipinski definition) is 2. The van der Waals surface area contributed by atoms with E-state index in [9.17, 15) is 13.2 Å². The molecular formula is C16H21F3N6. The SMILES string of the molecule is NC=C(C=NC1CCNCC1)c1cc(C(F)(F)F)nc(N2CCC2)n1. The van der Waals surface area contributed by atoms with Crippen LogP contribution in [0, 0.1) is 0 Å². The zero-order valence-electron chi connectivity index (χ0n) is 13.8. The lowest BCUT2D eigenvalue weighted by Gasteiger charge is -2.31. The number of nitrogens with two attached hydrogens (primary N) is 1. The molecular weight excluding hydrogens is 333 g/mol. The molecule has 0 bridgehead atoms. The number of aromatic nitrogens is 2. The zero-order chi connectivity index (χ0) is 17.9. The predicted molar refractivity (Wildman–Crippen MR) is 90.4 cm³/mol. The van der Waals surface area contributed by atoms with E-state index in [0.29, 0.717) is 18.7 Å². The molecule has 1 aromatic heterocycles. The van der Waals surface area contributed by atoms with Crippen molar-refractivity contribution in [2.45, 2.75) is 31.5 Å². The molecule has 0 atom stereocenters. The van der Waals surface area contributed by atoms with Gasteiger partial charge in [-0.1, -0.05) is 0 Å². The summed E-state index contributed by atoms with van der Waals surface area (Å²) in [6.07, 6.45) is 0.941. The van der Waals surface area contributed by atoms with Crippen molar-refractivity contribution in [3.05, 3.63) is 23.7 Å². The molecule has 3 rings (SSSR count). The first-order chi connectivity index (χ1) is 12.0. The number of allylic oxidation sites excluding steroid dienone is 1. The van der Waals surface area contributed by atoms with Crippen LogP contribution < -0.4 is 16.0 Å². The number of alkyl halides is 3. The smallest absolute Gasteiger partial charge is 0.404 e. The predicted octanol–water partition coefficient (Wildman–Crippen LogP) is 1.83. The fraction of sp³-hybridized carbons (Fsp3) is 0.562. The van der Waals surface area contributed by atoms with E-state index in [1.807, 2.05) is 0 Å². The van der Waals surface area contributed by atoms with Crippen molar-refractivity contribution in [1.82, 2.24) is 15.3 Å². The molecule has 1 aromatic rings. The van der Waals surface area contributed by atoms with E-state index in [4.69, 9.17) is 5.73 Å². The first-order valence-corrected chi connectivity index (χ1v) is 8.35. The monoisotopic (exact) mass is 354 g/mol. The number of nitrogens with one attached hydrogen (secondary N) is 1. The first kappa shape index (κ1) is 17.7. The molecule has 0 radical (unpaired) electrons. The van der Waals surface area contributed by atoms with Gasteiger partial charge >= 0.3 is 6.18 Å². The molecule has 0 amide bonds. The van der Waals surface area contributed by atoms with Crippen LogP contribution in [0.3, 0.4) is 0 Å². The molecule has 0 saturated carbocycles. The summed E-state index contributed by atoms with van der Waals surface area (Å²) in [5, 5.41) is 3.24. The fourth-order valence-corrected chi connectivity index (χ4v) is 2.72. The average Bonchev–Trinajstić information content (AvgIpc) is 2.54. The van der Waals surface area contributed by atoms with Crippen molar-refractivity contribution < 1.29 is 13.2 Å². The molecule has 0 unspecified atom stereocenters. The van der Waals surface area contributed by atoms with E-state index < -0.39 is 11.9 Å². The summed E-state index contributed by atoms with van der Waals surface area (Å²) in [6.45, 7) is 3.08. The van der Waals surface area contributed by atoms with Gasteiger partial charge in [-0.05, 0) is 38.4 Å². The molecule has 136 valence electrons. The van der Waals surface area contributed by atoms with E-state index >= 15 is 0 Å². The average molecular weight is 354 g/mol. The number of piperidine rings is 1. The third-order valence-electron chi connectivity index (χ3n) is 4.35. The Kier molecular flexibility index (Phi) is 5.22. The maximum absolute atomic E-state index is 13.2. The standard InChI is InChI=1S/C16H21F3N6/c17-16(18,19)14-8-13(23-15(24-14)25-6-1-7-25)11(9-20)10-22-12-2-4-21-5-3-12/h8-10,12,21H,1-7,20H2. The molecule has 2 fully saturated rings. The highest BCUT2D eigenvalue weighted by atomic mass is 19.4. The van der Waals surface area contributed by atoms with E-state index in [-0.39, 0.29) is 17.7 Å². The van der Waals surface area contributed by atoms with Crippen LogP contribution in [-0.4, -0.2) is 48.4 Å². The summed E-state index contributed by atoms with van der Waals surface area (Å²) in [6, 6.07) is 1.08. The van der Waals surface area contributed by atoms with Gasteiger partial charge in [-0.25, -0.2) is 9.97 Å². The van der Waals surface area contributed by atoms with E-state index in [0.717, 1.165) is 38.4 Å². The number of halogens is 3. The Balaban J connectivity index is 1.88. The maximum atomic E-state index is 13.2. The molecule has 0 aromatic carbocycles. The Bertz CT molecular complexity index is 660. The second-order valence-corrected chi connectivity index (χ2v) is 6.16. The first-order valence-electron chi connectivity index (χ1n) is 8.35. The second-order valence-electron chi connectivity index (χ2n) is 6.16. The van der Waals surface area contributed by atoms with Gasteiger partial charge in [-0.2, -0.15) is 13.2 Å². The molecule has 3 N–H and O–H groups in total. The van der Waals surface area contributed by atoms with Crippen LogP contribution in [0.4, 0.5) is 19.1 Å². The lowest BCUT2D eigenvalue weighted by Crippen LogP contribution is -2.38. The van der Waals surface area contributed by atoms with Crippen molar-refractivity contribution >= 4 is 17.7 Å². The van der Waals surface area contributed by atoms with Crippen LogP contribution in [0.15, 0.2) is 17.3 Å². The van der Waals surface area contributed by atoms with E-state index in [1.54, 1.807) is 4.90 Å². The Labute approximate surface area is 144 Å². The van der Waals surface area contributed by atoms with Crippen molar-refractivity contribution in [2.24, 2.45) is 10.7 Å². The van der Waals surface area contributed by atoms with Crippen LogP contribution in [-0.2, 0) is 6.18 Å². The third-order valence-corrected chi connectivity index (χ3v) is 4.35. The fourth-order valence-electron chi connectivity index (χ4n) is 2.72. The van der Waals surface area contributed by atoms with Gasteiger partial charge in [0.2, 0.25) is 5.95 Å². The number of hydrogen-bond acceptors (Lipinski definition) is 6. The molecule has 0 spiro atoms. The zero-order valence-corrected chi connectivity index (χ0v) is 13.8. The van der Waals surface area contributed by atoms with Gasteiger partial charge in [0.15, 0.2) is 5.69 Å². The third kappa shape index (κ3) is 4.28. The maximum Gasteiger partial charge on any atom is 0.433 e. The van der Waals surface area contributed by atoms with Crippen molar-refractivity contribution in [2.75, 3.05) is 31.1 Å². The minimum Gasteiger partial charge on any atom is -0.404 e. The minimum absolute atomic E-state index is 0.0886. The van der Waals surface area contributed by atoms with Crippen molar-refractivity contribution in [3.8, 4) is 0 Å². The summed E-state index contributed by atoms with van der Waals surface area (Å²) < 4.78 is 39.5. The second kappa shape index (κ2) is 7.38. The van der Waals surface area contributed by atoms with Gasteiger partial charge in [0.05, 0.1) is 11.7 Å². The lowest BCUT2D eigenvalue weighted by atomic mass is 10.1. The minimum atomic E-state index is -4.54. The molecule has 2 aliphatic rings. The summed E-state index contributed by atoms with van der Waals surface area (Å²) >= 11 is 0. The number of aliphatic imine (C=N–C) groups is 1. The molecule has 3 heterocycles. The normalized spacial score (nSPS) is 20.1. The van der Waals surface area contributed by atoms with Crippen molar-refractivity contribution in [1.29, 1.82) is 0 Å². The number of rotatable bonds is 4. The molecule has 25 heavy (non-hydrogen) atoms. The Morgan fingerprint density at radius 3 is 2.56 bits per heavy atom. The summed E-state index contributed by atoms with van der Waals surface area (Å²) in [7, 11) is 0. The summed E-state index contributed by atoms with van der Waals surface area (Å²) in [4.78, 5) is 14.1. The van der Waals surface area contributed by atoms with Crippen LogP contribution in [0.5, 0.6) is 0 Å². The van der Waals surface area contributed by atoms with Crippen LogP contribution in [0.2, 0.25) is 0 Å². The molecule has 6 nitrogen and oxygen atoms in total. The topological polar surface area (TPSA) is 79.4 Å². The van der Waals surface area contributed by atoms with Gasteiger partial charge in [0.1, 0.15) is 0 Å². The van der Waals surface area contributed by atoms with E-state index in [2.05, 4.69) is 20.3 Å². The summed E-state index contributed by atoms with van der Waals surface area (Å²) in [5.41, 5.74) is 5.18. The van der Waals surface area contributed by atoms with Gasteiger partial charge in [0, 0.05) is 31.1 Å². The Hall–Kier alpha value is -2.16. The Morgan fingerprint density at radius 2 is 2.00 bits per heavy atom. The van der Waals surface area contributed by atoms with Gasteiger partial charge in [-0.15, -0.1) is 0 Å². The van der Waals surface area contributed by atoms with Gasteiger partial charge in [-0.3, -0.25) is 4.99 Å². The molecule has 2 saturated heterocycles. The highest BCUT2D eigenvalue weighted by Crippen LogP contribution is 2.31. The highest BCUT2D eigenvalue weighted by molar-refractivity contribution is 6.09. The lowest BCUT2D eigenvalue weighted by molar-refractivity contribution is -0.141. The molecule has 0 aliphatic carbocycles. The largest absolute Gasteiger partial charge is 0.433 e. The van der Waals surface area contributed by atoms with Gasteiger partial charge in [0.25, 0.3) is 0 Å². The van der Waals surface area contributed by atoms with Crippen LogP contribution in [0.1, 0.15) is 30.7 Å². The summed E-state index contributed by atoms with van der Waals surface area (Å²) in [5.74, 6) is 0.0886. The van der Waals surface area contributed by atoms with Crippen molar-refractivity contribution in [3.63, 3.8) is 0 Å². The quantitative estimate of drug-likeness (QED) is 0.807. The van der Waals surface area contributed by atoms with Crippen LogP contribution >= 0.6 is 0 Å². The highest BCUT2D eigenvalue weighted by Gasteiger charge is 2.35. The number of anilines is 1. The molecule has 2 aliphatic heterocycles. The van der Waals surface area contributed by atoms with E-state index in [1.165, 1.54) is 12.4 Å². The Morgan fingerprint density at radius 1 is 1.28 bits per heavy atom. The van der Waals surface area contributed by atoms with Gasteiger partial charge < -0.3 is 16.0 Å².